The molecule has 5 rings (SSSR count). The van der Waals surface area contributed by atoms with Crippen LogP contribution in [0.2, 0.25) is 0 Å². The second kappa shape index (κ2) is 7.83. The molecule has 1 aliphatic rings. The van der Waals surface area contributed by atoms with E-state index in [1.165, 1.54) is 13.5 Å². The minimum absolute atomic E-state index is 0.250. The van der Waals surface area contributed by atoms with E-state index in [9.17, 15) is 4.79 Å². The zero-order valence-electron chi connectivity index (χ0n) is 17.4. The predicted octanol–water partition coefficient (Wildman–Crippen LogP) is 4.59. The smallest absolute Gasteiger partial charge is 0.256 e. The fraction of sp³-hybridized carbons (Fsp3) is 0.250. The van der Waals surface area contributed by atoms with Gasteiger partial charge in [-0.25, -0.2) is 4.98 Å². The molecule has 2 heterocycles. The van der Waals surface area contributed by atoms with Crippen LogP contribution in [-0.2, 0) is 0 Å². The normalized spacial score (nSPS) is 13.7. The summed E-state index contributed by atoms with van der Waals surface area (Å²) < 4.78 is 11.6. The maximum atomic E-state index is 12.3. The molecule has 1 aliphatic carbocycles. The molecule has 1 saturated carbocycles. The monoisotopic (exact) mass is 414 g/mol. The van der Waals surface area contributed by atoms with Crippen molar-refractivity contribution >= 4 is 16.8 Å². The van der Waals surface area contributed by atoms with E-state index in [0.717, 1.165) is 34.9 Å². The van der Waals surface area contributed by atoms with Crippen molar-refractivity contribution in [2.75, 3.05) is 14.2 Å². The Morgan fingerprint density at radius 1 is 1.10 bits per heavy atom. The zero-order valence-corrected chi connectivity index (χ0v) is 17.4. The molecule has 2 aromatic heterocycles. The van der Waals surface area contributed by atoms with Gasteiger partial charge in [-0.1, -0.05) is 36.8 Å². The number of ether oxygens (including phenoxy) is 1. The quantitative estimate of drug-likeness (QED) is 0.514. The van der Waals surface area contributed by atoms with Crippen LogP contribution < -0.4 is 10.1 Å². The highest BCUT2D eigenvalue weighted by atomic mass is 16.5. The summed E-state index contributed by atoms with van der Waals surface area (Å²) in [6.45, 7) is 0. The average Bonchev–Trinajstić information content (AvgIpc) is 3.26. The highest BCUT2D eigenvalue weighted by Gasteiger charge is 2.28. The summed E-state index contributed by atoms with van der Waals surface area (Å²) >= 11 is 0. The molecular weight excluding hydrogens is 392 g/mol. The van der Waals surface area contributed by atoms with Crippen molar-refractivity contribution in [3.63, 3.8) is 0 Å². The number of aromatic nitrogens is 3. The van der Waals surface area contributed by atoms with Gasteiger partial charge in [0.05, 0.1) is 18.2 Å². The number of pyridine rings is 1. The number of methoxy groups -OCH3 is 1. The van der Waals surface area contributed by atoms with Crippen molar-refractivity contribution in [2.24, 2.45) is 0 Å². The summed E-state index contributed by atoms with van der Waals surface area (Å²) in [6.07, 6.45) is 3.44. The number of rotatable bonds is 5. The van der Waals surface area contributed by atoms with Crippen LogP contribution in [0.3, 0.4) is 0 Å². The molecule has 4 aromatic rings. The van der Waals surface area contributed by atoms with Crippen LogP contribution in [-0.4, -0.2) is 35.2 Å². The topological polar surface area (TPSA) is 90.1 Å². The minimum Gasteiger partial charge on any atom is -0.480 e. The van der Waals surface area contributed by atoms with Gasteiger partial charge in [-0.3, -0.25) is 4.79 Å². The van der Waals surface area contributed by atoms with Gasteiger partial charge in [0.2, 0.25) is 11.8 Å². The van der Waals surface area contributed by atoms with Gasteiger partial charge in [0.15, 0.2) is 0 Å². The molecule has 2 aromatic carbocycles. The van der Waals surface area contributed by atoms with Crippen LogP contribution >= 0.6 is 0 Å². The van der Waals surface area contributed by atoms with Crippen molar-refractivity contribution in [1.82, 2.24) is 20.5 Å². The first-order valence-corrected chi connectivity index (χ1v) is 10.3. The second-order valence-electron chi connectivity index (χ2n) is 7.63. The average molecular weight is 414 g/mol. The summed E-state index contributed by atoms with van der Waals surface area (Å²) in [4.78, 5) is 17.0. The van der Waals surface area contributed by atoms with Gasteiger partial charge in [-0.2, -0.15) is 0 Å². The summed E-state index contributed by atoms with van der Waals surface area (Å²) in [5.41, 5.74) is 3.90. The van der Waals surface area contributed by atoms with Crippen LogP contribution in [0.1, 0.15) is 41.1 Å². The van der Waals surface area contributed by atoms with E-state index < -0.39 is 0 Å². The third kappa shape index (κ3) is 3.32. The molecule has 1 N–H and O–H groups in total. The van der Waals surface area contributed by atoms with Gasteiger partial charge in [-0.15, -0.1) is 10.2 Å². The molecule has 156 valence electrons. The first kappa shape index (κ1) is 19.2. The molecule has 0 saturated heterocycles. The fourth-order valence-electron chi connectivity index (χ4n) is 4.00. The van der Waals surface area contributed by atoms with Crippen LogP contribution in [0, 0.1) is 0 Å². The molecule has 31 heavy (non-hydrogen) atoms. The third-order valence-corrected chi connectivity index (χ3v) is 5.85. The van der Waals surface area contributed by atoms with Crippen LogP contribution in [0.5, 0.6) is 5.88 Å². The number of carbonyl (C=O) groups excluding carboxylic acids is 1. The number of amides is 1. The molecule has 0 bridgehead atoms. The van der Waals surface area contributed by atoms with Gasteiger partial charge >= 0.3 is 0 Å². The van der Waals surface area contributed by atoms with Crippen LogP contribution in [0.15, 0.2) is 52.9 Å². The lowest BCUT2D eigenvalue weighted by atomic mass is 9.77. The van der Waals surface area contributed by atoms with E-state index in [4.69, 9.17) is 14.1 Å². The summed E-state index contributed by atoms with van der Waals surface area (Å²) in [6, 6.07) is 15.6. The van der Waals surface area contributed by atoms with Crippen molar-refractivity contribution in [3.8, 4) is 28.8 Å². The molecule has 7 heteroatoms. The van der Waals surface area contributed by atoms with E-state index in [2.05, 4.69) is 21.6 Å². The van der Waals surface area contributed by atoms with Crippen LogP contribution in [0.4, 0.5) is 0 Å². The predicted molar refractivity (Wildman–Crippen MR) is 117 cm³/mol. The summed E-state index contributed by atoms with van der Waals surface area (Å²) in [7, 11) is 3.09. The lowest BCUT2D eigenvalue weighted by Crippen LogP contribution is -2.19. The molecule has 1 fully saturated rings. The lowest BCUT2D eigenvalue weighted by Gasteiger charge is -2.27. The zero-order chi connectivity index (χ0) is 21.4. The number of fused-ring (bicyclic) bond motifs is 1. The highest BCUT2D eigenvalue weighted by molar-refractivity contribution is 6.02. The number of hydrogen-bond acceptors (Lipinski definition) is 6. The van der Waals surface area contributed by atoms with E-state index >= 15 is 0 Å². The molecule has 0 aliphatic heterocycles. The van der Waals surface area contributed by atoms with Gasteiger partial charge in [-0.05, 0) is 42.5 Å². The lowest BCUT2D eigenvalue weighted by molar-refractivity contribution is 0.0959. The Hall–Kier alpha value is -3.74. The standard InChI is InChI=1S/C24H22N4O3/c1-25-21(29)18-13-16-11-12-17(14-9-6-10-14)19(20(16)26-23(18)30-2)24-28-27-22(31-24)15-7-4-3-5-8-15/h3-5,7-8,11-14H,6,9-10H2,1-2H3,(H,25,29). The minimum atomic E-state index is -0.250. The highest BCUT2D eigenvalue weighted by Crippen LogP contribution is 2.44. The number of carbonyl (C=O) groups is 1. The molecule has 0 radical (unpaired) electrons. The summed E-state index contributed by atoms with van der Waals surface area (Å²) in [5.74, 6) is 1.33. The number of nitrogens with one attached hydrogen (secondary N) is 1. The SMILES string of the molecule is CNC(=O)c1cc2ccc(C3CCC3)c(-c3nnc(-c4ccccc4)o3)c2nc1OC. The van der Waals surface area contributed by atoms with E-state index in [0.29, 0.717) is 28.8 Å². The van der Waals surface area contributed by atoms with E-state index in [-0.39, 0.29) is 11.8 Å². The Morgan fingerprint density at radius 3 is 2.55 bits per heavy atom. The van der Waals surface area contributed by atoms with E-state index in [1.54, 1.807) is 13.1 Å². The van der Waals surface area contributed by atoms with Gasteiger partial charge in [0, 0.05) is 18.0 Å². The first-order valence-electron chi connectivity index (χ1n) is 10.3. The van der Waals surface area contributed by atoms with Crippen molar-refractivity contribution in [3.05, 3.63) is 59.7 Å². The maximum absolute atomic E-state index is 12.3. The largest absolute Gasteiger partial charge is 0.480 e. The molecule has 0 unspecified atom stereocenters. The van der Waals surface area contributed by atoms with Crippen molar-refractivity contribution in [2.45, 2.75) is 25.2 Å². The van der Waals surface area contributed by atoms with Crippen molar-refractivity contribution in [1.29, 1.82) is 0 Å². The number of hydrogen-bond donors (Lipinski definition) is 1. The Morgan fingerprint density at radius 2 is 1.87 bits per heavy atom. The Labute approximate surface area is 179 Å². The third-order valence-electron chi connectivity index (χ3n) is 5.85. The van der Waals surface area contributed by atoms with Gasteiger partial charge in [0.25, 0.3) is 11.8 Å². The van der Waals surface area contributed by atoms with Crippen molar-refractivity contribution < 1.29 is 13.9 Å². The van der Waals surface area contributed by atoms with Crippen LogP contribution in [0.25, 0.3) is 33.8 Å². The number of benzene rings is 2. The van der Waals surface area contributed by atoms with Gasteiger partial charge < -0.3 is 14.5 Å². The summed E-state index contributed by atoms with van der Waals surface area (Å²) in [5, 5.41) is 12.1. The molecule has 0 spiro atoms. The Bertz CT molecular complexity index is 1260. The Kier molecular flexibility index (Phi) is 4.86. The molecular formula is C24H22N4O3. The van der Waals surface area contributed by atoms with E-state index in [1.807, 2.05) is 36.4 Å². The molecule has 7 nitrogen and oxygen atoms in total. The maximum Gasteiger partial charge on any atom is 0.256 e. The molecule has 1 amide bonds. The molecule has 0 atom stereocenters. The fourth-order valence-corrected chi connectivity index (χ4v) is 4.00. The van der Waals surface area contributed by atoms with Gasteiger partial charge in [0.1, 0.15) is 5.56 Å². The first-order chi connectivity index (χ1) is 15.2. The number of nitrogens with zero attached hydrogens (tertiary/aromatic N) is 3. The second-order valence-corrected chi connectivity index (χ2v) is 7.63. The Balaban J connectivity index is 1.73.